The monoisotopic (exact) mass is 345 g/mol. The summed E-state index contributed by atoms with van der Waals surface area (Å²) in [5.74, 6) is -0.196. The minimum Gasteiger partial charge on any atom is -0.337 e. The fourth-order valence-corrected chi connectivity index (χ4v) is 4.59. The molecular weight excluding hydrogens is 326 g/mol. The van der Waals surface area contributed by atoms with Crippen molar-refractivity contribution in [2.45, 2.75) is 29.9 Å². The summed E-state index contributed by atoms with van der Waals surface area (Å²) >= 11 is 0. The smallest absolute Gasteiger partial charge is 0.274 e. The molecule has 1 fully saturated rings. The second kappa shape index (κ2) is 6.68. The number of hydrogen-bond donors (Lipinski definition) is 0. The van der Waals surface area contributed by atoms with E-state index in [1.54, 1.807) is 48.4 Å². The van der Waals surface area contributed by atoms with Gasteiger partial charge in [-0.2, -0.15) is 0 Å². The quantitative estimate of drug-likeness (QED) is 0.848. The molecular formula is C17H19N3O3S. The molecule has 3 rings (SSSR count). The van der Waals surface area contributed by atoms with Crippen LogP contribution in [-0.2, 0) is 9.84 Å². The maximum absolute atomic E-state index is 12.6. The number of amides is 1. The van der Waals surface area contributed by atoms with E-state index in [2.05, 4.69) is 9.97 Å². The number of sulfone groups is 1. The van der Waals surface area contributed by atoms with E-state index >= 15 is 0 Å². The third-order valence-electron chi connectivity index (χ3n) is 4.24. The zero-order chi connectivity index (χ0) is 17.2. The van der Waals surface area contributed by atoms with Gasteiger partial charge >= 0.3 is 0 Å². The predicted octanol–water partition coefficient (Wildman–Crippen LogP) is 1.86. The van der Waals surface area contributed by atoms with Crippen molar-refractivity contribution in [2.24, 2.45) is 0 Å². The average molecular weight is 345 g/mol. The summed E-state index contributed by atoms with van der Waals surface area (Å²) in [5.41, 5.74) is 1.05. The molecule has 2 heterocycles. The highest BCUT2D eigenvalue weighted by molar-refractivity contribution is 7.92. The summed E-state index contributed by atoms with van der Waals surface area (Å²) in [5, 5.41) is -0.451. The predicted molar refractivity (Wildman–Crippen MR) is 89.3 cm³/mol. The van der Waals surface area contributed by atoms with E-state index in [4.69, 9.17) is 0 Å². The van der Waals surface area contributed by atoms with Crippen LogP contribution in [0, 0.1) is 6.92 Å². The second-order valence-electron chi connectivity index (χ2n) is 5.89. The van der Waals surface area contributed by atoms with Crippen LogP contribution in [0.5, 0.6) is 0 Å². The molecule has 0 bridgehead atoms. The van der Waals surface area contributed by atoms with Gasteiger partial charge in [-0.1, -0.05) is 18.2 Å². The first-order valence-electron chi connectivity index (χ1n) is 7.85. The van der Waals surface area contributed by atoms with E-state index in [1.165, 1.54) is 6.20 Å². The SMILES string of the molecule is Cc1cnc(C(=O)N2CCC(S(=O)(=O)c3ccccc3)CC2)cn1. The van der Waals surface area contributed by atoms with E-state index < -0.39 is 15.1 Å². The Morgan fingerprint density at radius 1 is 1.08 bits per heavy atom. The van der Waals surface area contributed by atoms with E-state index in [1.807, 2.05) is 0 Å². The normalized spacial score (nSPS) is 16.1. The first kappa shape index (κ1) is 16.6. The topological polar surface area (TPSA) is 80.2 Å². The van der Waals surface area contributed by atoms with E-state index in [9.17, 15) is 13.2 Å². The molecule has 1 aromatic carbocycles. The van der Waals surface area contributed by atoms with E-state index in [0.717, 1.165) is 5.69 Å². The Labute approximate surface area is 141 Å². The van der Waals surface area contributed by atoms with Gasteiger partial charge in [0.15, 0.2) is 9.84 Å². The van der Waals surface area contributed by atoms with Crippen molar-refractivity contribution in [3.8, 4) is 0 Å². The number of likely N-dealkylation sites (tertiary alicyclic amines) is 1. The minimum atomic E-state index is -3.35. The molecule has 1 aliphatic rings. The second-order valence-corrected chi connectivity index (χ2v) is 8.12. The Kier molecular flexibility index (Phi) is 4.62. The molecule has 0 radical (unpaired) electrons. The fraction of sp³-hybridized carbons (Fsp3) is 0.353. The van der Waals surface area contributed by atoms with Gasteiger partial charge in [0.2, 0.25) is 0 Å². The first-order valence-corrected chi connectivity index (χ1v) is 9.40. The number of hydrogen-bond acceptors (Lipinski definition) is 5. The Balaban J connectivity index is 1.67. The number of aromatic nitrogens is 2. The Bertz CT molecular complexity index is 812. The summed E-state index contributed by atoms with van der Waals surface area (Å²) in [6, 6.07) is 8.48. The number of carbonyl (C=O) groups is 1. The summed E-state index contributed by atoms with van der Waals surface area (Å²) < 4.78 is 25.3. The molecule has 0 unspecified atom stereocenters. The van der Waals surface area contributed by atoms with Gasteiger partial charge < -0.3 is 4.90 Å². The number of piperidine rings is 1. The fourth-order valence-electron chi connectivity index (χ4n) is 2.84. The largest absolute Gasteiger partial charge is 0.337 e. The first-order chi connectivity index (χ1) is 11.5. The van der Waals surface area contributed by atoms with Gasteiger partial charge in [0.25, 0.3) is 5.91 Å². The van der Waals surface area contributed by atoms with E-state index in [0.29, 0.717) is 36.5 Å². The molecule has 0 spiro atoms. The maximum Gasteiger partial charge on any atom is 0.274 e. The van der Waals surface area contributed by atoms with Gasteiger partial charge in [-0.3, -0.25) is 9.78 Å². The molecule has 1 amide bonds. The van der Waals surface area contributed by atoms with Gasteiger partial charge in [-0.05, 0) is 31.9 Å². The number of aryl methyl sites for hydroxylation is 1. The molecule has 0 atom stereocenters. The minimum absolute atomic E-state index is 0.196. The number of rotatable bonds is 3. The molecule has 0 aliphatic carbocycles. The van der Waals surface area contributed by atoms with E-state index in [-0.39, 0.29) is 5.91 Å². The third-order valence-corrected chi connectivity index (χ3v) is 6.52. The third kappa shape index (κ3) is 3.31. The van der Waals surface area contributed by atoms with Crippen LogP contribution in [-0.4, -0.2) is 47.5 Å². The molecule has 2 aromatic rings. The average Bonchev–Trinajstić information content (AvgIpc) is 2.62. The van der Waals surface area contributed by atoms with Crippen LogP contribution >= 0.6 is 0 Å². The molecule has 1 aliphatic heterocycles. The molecule has 24 heavy (non-hydrogen) atoms. The van der Waals surface area contributed by atoms with Crippen molar-refractivity contribution >= 4 is 15.7 Å². The highest BCUT2D eigenvalue weighted by Crippen LogP contribution is 2.25. The van der Waals surface area contributed by atoms with Gasteiger partial charge in [0.1, 0.15) is 5.69 Å². The van der Waals surface area contributed by atoms with Gasteiger partial charge in [0, 0.05) is 19.3 Å². The molecule has 7 heteroatoms. The van der Waals surface area contributed by atoms with Gasteiger partial charge in [-0.25, -0.2) is 13.4 Å². The lowest BCUT2D eigenvalue weighted by Gasteiger charge is -2.31. The standard InChI is InChI=1S/C17H19N3O3S/c1-13-11-19-16(12-18-13)17(21)20-9-7-15(8-10-20)24(22,23)14-5-3-2-4-6-14/h2-6,11-12,15H,7-10H2,1H3. The van der Waals surface area contributed by atoms with Crippen molar-refractivity contribution in [3.63, 3.8) is 0 Å². The number of carbonyl (C=O) groups excluding carboxylic acids is 1. The van der Waals surface area contributed by atoms with Crippen molar-refractivity contribution in [3.05, 3.63) is 54.1 Å². The van der Waals surface area contributed by atoms with Crippen molar-refractivity contribution in [2.75, 3.05) is 13.1 Å². The zero-order valence-corrected chi connectivity index (χ0v) is 14.2. The molecule has 126 valence electrons. The van der Waals surface area contributed by atoms with Crippen LogP contribution in [0.2, 0.25) is 0 Å². The highest BCUT2D eigenvalue weighted by Gasteiger charge is 2.33. The van der Waals surface area contributed by atoms with Gasteiger partial charge in [0.05, 0.1) is 22.0 Å². The highest BCUT2D eigenvalue weighted by atomic mass is 32.2. The Morgan fingerprint density at radius 3 is 2.33 bits per heavy atom. The number of benzene rings is 1. The molecule has 6 nitrogen and oxygen atoms in total. The molecule has 1 saturated heterocycles. The Hall–Kier alpha value is -2.28. The van der Waals surface area contributed by atoms with Crippen LogP contribution in [0.3, 0.4) is 0 Å². The Morgan fingerprint density at radius 2 is 1.75 bits per heavy atom. The van der Waals surface area contributed by atoms with Gasteiger partial charge in [-0.15, -0.1) is 0 Å². The summed E-state index contributed by atoms with van der Waals surface area (Å²) in [6.07, 6.45) is 3.88. The van der Waals surface area contributed by atoms with Crippen LogP contribution in [0.15, 0.2) is 47.6 Å². The lowest BCUT2D eigenvalue weighted by atomic mass is 10.1. The number of nitrogens with zero attached hydrogens (tertiary/aromatic N) is 3. The summed E-state index contributed by atoms with van der Waals surface area (Å²) in [7, 11) is -3.35. The molecule has 0 N–H and O–H groups in total. The van der Waals surface area contributed by atoms with Crippen LogP contribution in [0.1, 0.15) is 29.0 Å². The van der Waals surface area contributed by atoms with Crippen molar-refractivity contribution < 1.29 is 13.2 Å². The molecule has 1 aromatic heterocycles. The summed E-state index contributed by atoms with van der Waals surface area (Å²) in [6.45, 7) is 2.62. The summed E-state index contributed by atoms with van der Waals surface area (Å²) in [4.78, 5) is 22.6. The molecule has 0 saturated carbocycles. The van der Waals surface area contributed by atoms with Crippen molar-refractivity contribution in [1.29, 1.82) is 0 Å². The lowest BCUT2D eigenvalue weighted by Crippen LogP contribution is -2.42. The van der Waals surface area contributed by atoms with Crippen molar-refractivity contribution in [1.82, 2.24) is 14.9 Å². The zero-order valence-electron chi connectivity index (χ0n) is 13.4. The van der Waals surface area contributed by atoms with Crippen LogP contribution in [0.4, 0.5) is 0 Å². The lowest BCUT2D eigenvalue weighted by molar-refractivity contribution is 0.0719. The van der Waals surface area contributed by atoms with Crippen LogP contribution < -0.4 is 0 Å². The van der Waals surface area contributed by atoms with Crippen LogP contribution in [0.25, 0.3) is 0 Å². The maximum atomic E-state index is 12.6.